The third-order valence-electron chi connectivity index (χ3n) is 5.55. The van der Waals surface area contributed by atoms with Crippen molar-refractivity contribution in [2.45, 2.75) is 13.8 Å². The highest BCUT2D eigenvalue weighted by Crippen LogP contribution is 2.19. The number of nitro groups is 1. The van der Waals surface area contributed by atoms with E-state index < -0.39 is 16.4 Å². The van der Waals surface area contributed by atoms with Gasteiger partial charge in [-0.25, -0.2) is 5.43 Å². The molecule has 2 heterocycles. The van der Waals surface area contributed by atoms with Crippen LogP contribution < -0.4 is 11.0 Å². The highest BCUT2D eigenvalue weighted by Gasteiger charge is 2.20. The number of carbonyl (C=O) groups excluding carboxylic acids is 1. The minimum atomic E-state index is -0.731. The number of nitro benzene ring substituents is 1. The van der Waals surface area contributed by atoms with Gasteiger partial charge in [0.1, 0.15) is 11.6 Å². The molecule has 0 unspecified atom stereocenters. The number of nitrogens with zero attached hydrogens (tertiary/aromatic N) is 6. The zero-order chi connectivity index (χ0) is 26.7. The van der Waals surface area contributed by atoms with Crippen LogP contribution in [0.15, 0.2) is 70.7 Å². The van der Waals surface area contributed by atoms with Gasteiger partial charge in [0.05, 0.1) is 22.5 Å². The predicted molar refractivity (Wildman–Crippen MR) is 137 cm³/mol. The second-order valence-corrected chi connectivity index (χ2v) is 8.29. The van der Waals surface area contributed by atoms with Crippen molar-refractivity contribution >= 4 is 29.4 Å². The molecular weight excluding hydrogens is 498 g/mol. The van der Waals surface area contributed by atoms with Crippen molar-refractivity contribution in [2.75, 3.05) is 0 Å². The number of carbonyl (C=O) groups is 1. The number of nitrogens with one attached hydrogen (secondary N) is 1. The summed E-state index contributed by atoms with van der Waals surface area (Å²) in [7, 11) is 0. The molecule has 0 fully saturated rings. The highest BCUT2D eigenvalue weighted by atomic mass is 35.5. The number of hydrogen-bond donors (Lipinski definition) is 1. The van der Waals surface area contributed by atoms with Crippen molar-refractivity contribution in [3.05, 3.63) is 114 Å². The molecule has 0 aliphatic heterocycles. The molecule has 0 radical (unpaired) electrons. The monoisotopic (exact) mass is 515 g/mol. The summed E-state index contributed by atoms with van der Waals surface area (Å²) >= 11 is 6.18. The second-order valence-electron chi connectivity index (χ2n) is 7.89. The first-order valence-corrected chi connectivity index (χ1v) is 11.1. The van der Waals surface area contributed by atoms with Gasteiger partial charge in [-0.1, -0.05) is 17.7 Å². The third kappa shape index (κ3) is 5.00. The fourth-order valence-corrected chi connectivity index (χ4v) is 3.70. The van der Waals surface area contributed by atoms with E-state index in [0.29, 0.717) is 22.1 Å². The maximum atomic E-state index is 12.9. The van der Waals surface area contributed by atoms with Crippen LogP contribution in [0.5, 0.6) is 0 Å². The van der Waals surface area contributed by atoms with E-state index in [1.807, 2.05) is 6.07 Å². The summed E-state index contributed by atoms with van der Waals surface area (Å²) in [5, 5.41) is 29.0. The Bertz CT molecular complexity index is 1660. The van der Waals surface area contributed by atoms with Crippen LogP contribution in [0.2, 0.25) is 5.02 Å². The summed E-state index contributed by atoms with van der Waals surface area (Å²) in [5.41, 5.74) is 3.71. The van der Waals surface area contributed by atoms with Crippen molar-refractivity contribution in [3.8, 4) is 17.4 Å². The summed E-state index contributed by atoms with van der Waals surface area (Å²) in [4.78, 5) is 36.2. The van der Waals surface area contributed by atoms with E-state index in [0.717, 1.165) is 10.2 Å². The largest absolute Gasteiger partial charge is 0.316 e. The average Bonchev–Trinajstić information content (AvgIpc) is 3.35. The lowest BCUT2D eigenvalue weighted by Crippen LogP contribution is -2.31. The Morgan fingerprint density at radius 2 is 1.89 bits per heavy atom. The van der Waals surface area contributed by atoms with Gasteiger partial charge in [0, 0.05) is 34.6 Å². The third-order valence-corrected chi connectivity index (χ3v) is 5.95. The zero-order valence-electron chi connectivity index (χ0n) is 19.5. The Kier molecular flexibility index (Phi) is 6.95. The summed E-state index contributed by atoms with van der Waals surface area (Å²) in [5.74, 6) is -0.731. The molecule has 2 aromatic carbocycles. The molecule has 1 amide bonds. The Labute approximate surface area is 215 Å². The molecule has 37 heavy (non-hydrogen) atoms. The number of rotatable bonds is 6. The van der Waals surface area contributed by atoms with Gasteiger partial charge in [-0.3, -0.25) is 19.7 Å². The molecule has 0 aliphatic carbocycles. The summed E-state index contributed by atoms with van der Waals surface area (Å²) in [6.45, 7) is 3.25. The summed E-state index contributed by atoms with van der Waals surface area (Å²) < 4.78 is 2.67. The SMILES string of the molecule is Cc1ccc(-n2nc(C(=O)NN=Cc3cccn3-c3ccc([N+](=O)[O-])cc3)c(C)c(C#N)c2=O)cc1Cl. The van der Waals surface area contributed by atoms with E-state index in [1.54, 1.807) is 54.1 Å². The molecule has 2 aromatic heterocycles. The van der Waals surface area contributed by atoms with Crippen molar-refractivity contribution in [1.29, 1.82) is 5.26 Å². The number of non-ortho nitro benzene ring substituents is 1. The summed E-state index contributed by atoms with van der Waals surface area (Å²) in [6, 6.07) is 16.1. The number of hydrazone groups is 1. The number of halogens is 1. The van der Waals surface area contributed by atoms with Gasteiger partial charge in [0.2, 0.25) is 0 Å². The first-order chi connectivity index (χ1) is 17.7. The van der Waals surface area contributed by atoms with Crippen LogP contribution in [0, 0.1) is 35.3 Å². The fraction of sp³-hybridized carbons (Fsp3) is 0.0800. The van der Waals surface area contributed by atoms with Gasteiger partial charge in [-0.15, -0.1) is 0 Å². The number of benzene rings is 2. The number of nitriles is 1. The van der Waals surface area contributed by atoms with Crippen LogP contribution >= 0.6 is 11.6 Å². The Morgan fingerprint density at radius 3 is 2.54 bits per heavy atom. The molecule has 0 atom stereocenters. The summed E-state index contributed by atoms with van der Waals surface area (Å²) in [6.07, 6.45) is 3.12. The van der Waals surface area contributed by atoms with E-state index >= 15 is 0 Å². The van der Waals surface area contributed by atoms with Crippen molar-refractivity contribution in [1.82, 2.24) is 19.8 Å². The quantitative estimate of drug-likeness (QED) is 0.234. The predicted octanol–water partition coefficient (Wildman–Crippen LogP) is 3.84. The minimum Gasteiger partial charge on any atom is -0.316 e. The normalized spacial score (nSPS) is 10.9. The molecule has 4 aromatic rings. The van der Waals surface area contributed by atoms with Crippen LogP contribution in [0.3, 0.4) is 0 Å². The van der Waals surface area contributed by atoms with Crippen LogP contribution in [-0.4, -0.2) is 31.4 Å². The van der Waals surface area contributed by atoms with E-state index in [9.17, 15) is 25.0 Å². The van der Waals surface area contributed by atoms with Gasteiger partial charge in [-0.05, 0) is 55.8 Å². The van der Waals surface area contributed by atoms with Crippen molar-refractivity contribution in [2.24, 2.45) is 5.10 Å². The molecule has 184 valence electrons. The van der Waals surface area contributed by atoms with E-state index in [1.165, 1.54) is 31.3 Å². The van der Waals surface area contributed by atoms with Crippen molar-refractivity contribution < 1.29 is 9.72 Å². The highest BCUT2D eigenvalue weighted by molar-refractivity contribution is 6.31. The molecule has 4 rings (SSSR count). The first kappa shape index (κ1) is 25.0. The Balaban J connectivity index is 1.62. The number of hydrogen-bond acceptors (Lipinski definition) is 7. The maximum Gasteiger partial charge on any atom is 0.292 e. The molecule has 12 heteroatoms. The number of aromatic nitrogens is 3. The van der Waals surface area contributed by atoms with Crippen LogP contribution in [0.4, 0.5) is 5.69 Å². The molecule has 11 nitrogen and oxygen atoms in total. The fourth-order valence-electron chi connectivity index (χ4n) is 3.52. The lowest BCUT2D eigenvalue weighted by atomic mass is 10.1. The molecule has 0 bridgehead atoms. The first-order valence-electron chi connectivity index (χ1n) is 10.8. The van der Waals surface area contributed by atoms with Gasteiger partial charge < -0.3 is 4.57 Å². The topological polar surface area (TPSA) is 148 Å². The standard InChI is InChI=1S/C25H18ClN7O4/c1-15-5-6-19(12-22(15)26)32-25(35)21(13-27)16(2)23(30-32)24(34)29-28-14-20-4-3-11-31(20)17-7-9-18(10-8-17)33(36)37/h3-12,14H,1-2H3,(H,29,34). The molecule has 0 saturated heterocycles. The Morgan fingerprint density at radius 1 is 1.19 bits per heavy atom. The smallest absolute Gasteiger partial charge is 0.292 e. The number of amides is 1. The van der Waals surface area contributed by atoms with Gasteiger partial charge >= 0.3 is 0 Å². The second kappa shape index (κ2) is 10.3. The van der Waals surface area contributed by atoms with E-state index in [-0.39, 0.29) is 22.5 Å². The molecule has 0 spiro atoms. The minimum absolute atomic E-state index is 0.0350. The van der Waals surface area contributed by atoms with Gasteiger partial charge in [-0.2, -0.15) is 20.1 Å². The van der Waals surface area contributed by atoms with E-state index in [4.69, 9.17) is 11.6 Å². The molecule has 1 N–H and O–H groups in total. The van der Waals surface area contributed by atoms with Crippen LogP contribution in [-0.2, 0) is 0 Å². The zero-order valence-corrected chi connectivity index (χ0v) is 20.3. The Hall–Kier alpha value is -5.08. The molecule has 0 saturated carbocycles. The number of aryl methyl sites for hydroxylation is 1. The molecule has 0 aliphatic rings. The maximum absolute atomic E-state index is 12.9. The van der Waals surface area contributed by atoms with Crippen LogP contribution in [0.1, 0.15) is 32.9 Å². The van der Waals surface area contributed by atoms with Crippen molar-refractivity contribution in [3.63, 3.8) is 0 Å². The average molecular weight is 516 g/mol. The van der Waals surface area contributed by atoms with E-state index in [2.05, 4.69) is 15.6 Å². The lowest BCUT2D eigenvalue weighted by Gasteiger charge is -2.11. The molecular formula is C25H18ClN7O4. The van der Waals surface area contributed by atoms with Gasteiger partial charge in [0.25, 0.3) is 17.2 Å². The lowest BCUT2D eigenvalue weighted by molar-refractivity contribution is -0.384. The van der Waals surface area contributed by atoms with Gasteiger partial charge in [0.15, 0.2) is 5.69 Å². The van der Waals surface area contributed by atoms with Crippen LogP contribution in [0.25, 0.3) is 11.4 Å².